The lowest BCUT2D eigenvalue weighted by Gasteiger charge is -2.04. The Morgan fingerprint density at radius 3 is 2.70 bits per heavy atom. The number of hydrogen-bond acceptors (Lipinski definition) is 4. The highest BCUT2D eigenvalue weighted by Crippen LogP contribution is 2.18. The maximum Gasteiger partial charge on any atom is 0.286 e. The molecular formula is C17H20BrNO4. The van der Waals surface area contributed by atoms with Crippen molar-refractivity contribution in [3.8, 4) is 5.75 Å². The number of halogens is 1. The Kier molecular flexibility index (Phi) is 7.16. The summed E-state index contributed by atoms with van der Waals surface area (Å²) < 4.78 is 17.1. The Balaban J connectivity index is 1.76. The average Bonchev–Trinajstić information content (AvgIpc) is 3.03. The van der Waals surface area contributed by atoms with Crippen molar-refractivity contribution in [3.05, 3.63) is 52.4 Å². The van der Waals surface area contributed by atoms with Crippen LogP contribution < -0.4 is 10.1 Å². The van der Waals surface area contributed by atoms with Crippen LogP contribution in [0.5, 0.6) is 5.75 Å². The summed E-state index contributed by atoms with van der Waals surface area (Å²) >= 11 is 3.37. The minimum absolute atomic E-state index is 0.211. The molecular weight excluding hydrogens is 362 g/mol. The molecule has 1 amide bonds. The van der Waals surface area contributed by atoms with Crippen molar-refractivity contribution in [1.82, 2.24) is 5.32 Å². The van der Waals surface area contributed by atoms with Crippen molar-refractivity contribution in [1.29, 1.82) is 0 Å². The van der Waals surface area contributed by atoms with Gasteiger partial charge in [0.2, 0.25) is 0 Å². The molecule has 0 saturated heterocycles. The van der Waals surface area contributed by atoms with E-state index in [9.17, 15) is 4.79 Å². The van der Waals surface area contributed by atoms with Gasteiger partial charge >= 0.3 is 0 Å². The van der Waals surface area contributed by atoms with Gasteiger partial charge in [-0.3, -0.25) is 4.79 Å². The van der Waals surface area contributed by atoms with Crippen LogP contribution in [0.4, 0.5) is 0 Å². The van der Waals surface area contributed by atoms with E-state index in [1.165, 1.54) is 0 Å². The lowest BCUT2D eigenvalue weighted by molar-refractivity contribution is 0.0919. The number of nitrogens with one attached hydrogen (secondary N) is 1. The lowest BCUT2D eigenvalue weighted by atomic mass is 10.3. The number of furan rings is 1. The first-order chi connectivity index (χ1) is 11.2. The van der Waals surface area contributed by atoms with E-state index in [0.29, 0.717) is 24.7 Å². The number of methoxy groups -OCH3 is 1. The third-order valence-corrected chi connectivity index (χ3v) is 3.67. The molecule has 124 valence electrons. The number of rotatable bonds is 9. The first kappa shape index (κ1) is 17.6. The molecule has 6 heteroatoms. The molecule has 0 spiro atoms. The fraction of sp³-hybridized carbons (Fsp3) is 0.353. The Morgan fingerprint density at radius 2 is 1.96 bits per heavy atom. The smallest absolute Gasteiger partial charge is 0.286 e. The molecule has 0 bridgehead atoms. The molecule has 1 heterocycles. The number of carbonyl (C=O) groups excluding carboxylic acids is 1. The van der Waals surface area contributed by atoms with Gasteiger partial charge in [-0.1, -0.05) is 15.9 Å². The van der Waals surface area contributed by atoms with E-state index in [4.69, 9.17) is 13.9 Å². The van der Waals surface area contributed by atoms with E-state index in [2.05, 4.69) is 21.2 Å². The molecule has 1 aromatic heterocycles. The molecule has 0 saturated carbocycles. The topological polar surface area (TPSA) is 60.7 Å². The molecule has 2 aromatic rings. The van der Waals surface area contributed by atoms with E-state index in [1.54, 1.807) is 19.2 Å². The predicted octanol–water partition coefficient (Wildman–Crippen LogP) is 3.78. The van der Waals surface area contributed by atoms with E-state index in [-0.39, 0.29) is 12.5 Å². The second-order valence-corrected chi connectivity index (χ2v) is 5.88. The highest BCUT2D eigenvalue weighted by atomic mass is 79.9. The van der Waals surface area contributed by atoms with Crippen LogP contribution in [0.25, 0.3) is 0 Å². The molecule has 1 aromatic carbocycles. The van der Waals surface area contributed by atoms with Crippen LogP contribution in [0.15, 0.2) is 45.3 Å². The Morgan fingerprint density at radius 1 is 1.17 bits per heavy atom. The fourth-order valence-electron chi connectivity index (χ4n) is 1.92. The molecule has 0 atom stereocenters. The number of unbranched alkanes of at least 4 members (excludes halogenated alkanes) is 1. The monoisotopic (exact) mass is 381 g/mol. The molecule has 0 aliphatic carbocycles. The number of ether oxygens (including phenoxy) is 2. The van der Waals surface area contributed by atoms with Gasteiger partial charge in [0, 0.05) is 24.7 Å². The van der Waals surface area contributed by atoms with Crippen LogP contribution >= 0.6 is 15.9 Å². The molecule has 2 rings (SSSR count). The lowest BCUT2D eigenvalue weighted by Crippen LogP contribution is -2.24. The van der Waals surface area contributed by atoms with Gasteiger partial charge in [-0.25, -0.2) is 0 Å². The normalized spacial score (nSPS) is 10.5. The van der Waals surface area contributed by atoms with Crippen molar-refractivity contribution in [2.75, 3.05) is 20.3 Å². The van der Waals surface area contributed by atoms with Gasteiger partial charge in [-0.15, -0.1) is 0 Å². The zero-order valence-corrected chi connectivity index (χ0v) is 14.6. The quantitative estimate of drug-likeness (QED) is 0.671. The third kappa shape index (κ3) is 6.08. The van der Waals surface area contributed by atoms with E-state index in [1.807, 2.05) is 24.3 Å². The van der Waals surface area contributed by atoms with Crippen molar-refractivity contribution in [3.63, 3.8) is 0 Å². The van der Waals surface area contributed by atoms with Crippen molar-refractivity contribution < 1.29 is 18.7 Å². The summed E-state index contributed by atoms with van der Waals surface area (Å²) in [5, 5.41) is 2.82. The van der Waals surface area contributed by atoms with Gasteiger partial charge in [0.1, 0.15) is 18.1 Å². The Bertz CT molecular complexity index is 609. The second-order valence-electron chi connectivity index (χ2n) is 4.96. The minimum Gasteiger partial charge on any atom is -0.486 e. The van der Waals surface area contributed by atoms with Crippen LogP contribution in [0.2, 0.25) is 0 Å². The summed E-state index contributed by atoms with van der Waals surface area (Å²) in [7, 11) is 1.67. The number of benzene rings is 1. The summed E-state index contributed by atoms with van der Waals surface area (Å²) in [6.07, 6.45) is 1.79. The summed E-state index contributed by atoms with van der Waals surface area (Å²) in [6.45, 7) is 1.59. The first-order valence-electron chi connectivity index (χ1n) is 7.43. The summed E-state index contributed by atoms with van der Waals surface area (Å²) in [4.78, 5) is 11.9. The third-order valence-electron chi connectivity index (χ3n) is 3.14. The number of amides is 1. The highest BCUT2D eigenvalue weighted by molar-refractivity contribution is 9.10. The SMILES string of the molecule is COCCCCNC(=O)c1ccc(COc2ccc(Br)cc2)o1. The molecule has 5 nitrogen and oxygen atoms in total. The molecule has 1 N–H and O–H groups in total. The van der Waals surface area contributed by atoms with Gasteiger partial charge in [-0.2, -0.15) is 0 Å². The van der Waals surface area contributed by atoms with Crippen LogP contribution in [0, 0.1) is 0 Å². The van der Waals surface area contributed by atoms with E-state index < -0.39 is 0 Å². The van der Waals surface area contributed by atoms with Gasteiger partial charge in [0.15, 0.2) is 5.76 Å². The maximum absolute atomic E-state index is 11.9. The van der Waals surface area contributed by atoms with Gasteiger partial charge in [0.25, 0.3) is 5.91 Å². The van der Waals surface area contributed by atoms with E-state index >= 15 is 0 Å². The molecule has 0 fully saturated rings. The zero-order valence-electron chi connectivity index (χ0n) is 13.0. The first-order valence-corrected chi connectivity index (χ1v) is 8.22. The largest absolute Gasteiger partial charge is 0.486 e. The fourth-order valence-corrected chi connectivity index (χ4v) is 2.19. The van der Waals surface area contributed by atoms with Crippen LogP contribution in [0.3, 0.4) is 0 Å². The molecule has 0 aliphatic heterocycles. The second kappa shape index (κ2) is 9.37. The van der Waals surface area contributed by atoms with Crippen LogP contribution in [-0.4, -0.2) is 26.2 Å². The maximum atomic E-state index is 11.9. The number of carbonyl (C=O) groups is 1. The van der Waals surface area contributed by atoms with E-state index in [0.717, 1.165) is 23.1 Å². The average molecular weight is 382 g/mol. The van der Waals surface area contributed by atoms with Gasteiger partial charge in [0.05, 0.1) is 0 Å². The summed E-state index contributed by atoms with van der Waals surface area (Å²) in [6, 6.07) is 10.9. The highest BCUT2D eigenvalue weighted by Gasteiger charge is 2.10. The Labute approximate surface area is 144 Å². The number of hydrogen-bond donors (Lipinski definition) is 1. The molecule has 0 radical (unpaired) electrons. The van der Waals surface area contributed by atoms with Crippen molar-refractivity contribution in [2.24, 2.45) is 0 Å². The Hall–Kier alpha value is -1.79. The molecule has 0 aliphatic rings. The predicted molar refractivity (Wildman–Crippen MR) is 90.6 cm³/mol. The molecule has 0 unspecified atom stereocenters. The molecule has 23 heavy (non-hydrogen) atoms. The minimum atomic E-state index is -0.211. The van der Waals surface area contributed by atoms with Gasteiger partial charge < -0.3 is 19.2 Å². The summed E-state index contributed by atoms with van der Waals surface area (Å²) in [5.74, 6) is 1.44. The standard InChI is InChI=1S/C17H20BrNO4/c1-21-11-3-2-10-19-17(20)16-9-8-15(23-16)12-22-14-6-4-13(18)5-7-14/h4-9H,2-3,10-12H2,1H3,(H,19,20). The summed E-state index contributed by atoms with van der Waals surface area (Å²) in [5.41, 5.74) is 0. The van der Waals surface area contributed by atoms with Crippen molar-refractivity contribution >= 4 is 21.8 Å². The van der Waals surface area contributed by atoms with Crippen molar-refractivity contribution in [2.45, 2.75) is 19.4 Å². The van der Waals surface area contributed by atoms with Crippen LogP contribution in [-0.2, 0) is 11.3 Å². The van der Waals surface area contributed by atoms with Gasteiger partial charge in [-0.05, 0) is 49.2 Å². The van der Waals surface area contributed by atoms with Crippen LogP contribution in [0.1, 0.15) is 29.2 Å². The zero-order chi connectivity index (χ0) is 16.5.